The fourth-order valence-corrected chi connectivity index (χ4v) is 4.79. The molecule has 0 saturated heterocycles. The van der Waals surface area contributed by atoms with Gasteiger partial charge in [0.15, 0.2) is 0 Å². The van der Waals surface area contributed by atoms with Crippen molar-refractivity contribution in [1.82, 2.24) is 19.6 Å². The summed E-state index contributed by atoms with van der Waals surface area (Å²) in [6.45, 7) is 9.34. The molecule has 0 aliphatic rings. The Balaban J connectivity index is 0.00000481. The van der Waals surface area contributed by atoms with Crippen molar-refractivity contribution in [2.24, 2.45) is 7.05 Å². The van der Waals surface area contributed by atoms with Gasteiger partial charge in [0.1, 0.15) is 0 Å². The van der Waals surface area contributed by atoms with Gasteiger partial charge in [0.25, 0.3) is 5.91 Å². The molecule has 2 aromatic carbocycles. The van der Waals surface area contributed by atoms with Gasteiger partial charge in [-0.1, -0.05) is 18.2 Å². The van der Waals surface area contributed by atoms with Crippen molar-refractivity contribution in [2.75, 3.05) is 32.2 Å². The summed E-state index contributed by atoms with van der Waals surface area (Å²) in [4.78, 5) is 17.6. The maximum Gasteiger partial charge on any atom is 1.00 e. The molecule has 3 aromatic rings. The molecule has 37 heavy (non-hydrogen) atoms. The molecule has 0 aliphatic carbocycles. The van der Waals surface area contributed by atoms with E-state index >= 15 is 0 Å². The van der Waals surface area contributed by atoms with E-state index in [1.807, 2.05) is 67.3 Å². The van der Waals surface area contributed by atoms with E-state index in [9.17, 15) is 9.00 Å². The first-order valence-corrected chi connectivity index (χ1v) is 13.4. The molecule has 0 aliphatic heterocycles. The van der Waals surface area contributed by atoms with Gasteiger partial charge in [0, 0.05) is 45.2 Å². The van der Waals surface area contributed by atoms with E-state index < -0.39 is 10.8 Å². The van der Waals surface area contributed by atoms with E-state index in [1.165, 1.54) is 0 Å². The fraction of sp³-hybridized carbons (Fsp3) is 0.321. The van der Waals surface area contributed by atoms with Crippen molar-refractivity contribution in [1.29, 1.82) is 0 Å². The zero-order valence-electron chi connectivity index (χ0n) is 23.0. The number of nitrogens with one attached hydrogen (secondary N) is 1. The van der Waals surface area contributed by atoms with Crippen LogP contribution in [0, 0.1) is 13.8 Å². The van der Waals surface area contributed by atoms with Gasteiger partial charge in [-0.15, -0.1) is 6.54 Å². The minimum atomic E-state index is -1.13. The van der Waals surface area contributed by atoms with Crippen molar-refractivity contribution >= 4 is 28.5 Å². The SMILES string of the molecule is [CH2-]CN(/C=C/c1c(C(=O)N(C)C)cc(C)cc1[C@@H](C)Nc1ccccc1S(C)=O)Cc1ccnn1C.[K+]. The normalized spacial score (nSPS) is 12.6. The molecule has 0 saturated carbocycles. The maximum absolute atomic E-state index is 13.2. The predicted octanol–water partition coefficient (Wildman–Crippen LogP) is 1.65. The number of benzene rings is 2. The summed E-state index contributed by atoms with van der Waals surface area (Å²) in [6.07, 6.45) is 7.44. The van der Waals surface area contributed by atoms with Crippen molar-refractivity contribution in [2.45, 2.75) is 31.3 Å². The number of nitrogens with zero attached hydrogens (tertiary/aromatic N) is 4. The van der Waals surface area contributed by atoms with Gasteiger partial charge in [0.2, 0.25) is 0 Å². The topological polar surface area (TPSA) is 70.5 Å². The van der Waals surface area contributed by atoms with Crippen LogP contribution in [0.3, 0.4) is 0 Å². The molecule has 2 atom stereocenters. The maximum atomic E-state index is 13.2. The smallest absolute Gasteiger partial charge is 0.401 e. The van der Waals surface area contributed by atoms with Crippen LogP contribution in [-0.2, 0) is 24.4 Å². The second-order valence-electron chi connectivity index (χ2n) is 9.06. The zero-order chi connectivity index (χ0) is 26.4. The first kappa shape index (κ1) is 31.5. The summed E-state index contributed by atoms with van der Waals surface area (Å²) >= 11 is 0. The molecular formula is C28H36KN5O2S. The molecule has 3 rings (SSSR count). The number of amides is 1. The summed E-state index contributed by atoms with van der Waals surface area (Å²) in [5.41, 5.74) is 5.35. The Labute approximate surface area is 266 Å². The average molecular weight is 546 g/mol. The van der Waals surface area contributed by atoms with E-state index in [0.717, 1.165) is 33.0 Å². The van der Waals surface area contributed by atoms with Crippen molar-refractivity contribution in [3.05, 3.63) is 89.7 Å². The van der Waals surface area contributed by atoms with Crippen LogP contribution in [0.4, 0.5) is 5.69 Å². The van der Waals surface area contributed by atoms with E-state index in [1.54, 1.807) is 31.4 Å². The molecule has 0 radical (unpaired) electrons. The minimum absolute atomic E-state index is 0. The molecule has 0 bridgehead atoms. The summed E-state index contributed by atoms with van der Waals surface area (Å²) in [7, 11) is 4.31. The third-order valence-corrected chi connectivity index (χ3v) is 7.03. The summed E-state index contributed by atoms with van der Waals surface area (Å²) in [6, 6.07) is 13.5. The number of carbonyl (C=O) groups is 1. The first-order chi connectivity index (χ1) is 17.1. The molecule has 1 amide bonds. The summed E-state index contributed by atoms with van der Waals surface area (Å²) in [5.74, 6) is -0.0605. The van der Waals surface area contributed by atoms with Crippen LogP contribution >= 0.6 is 0 Å². The van der Waals surface area contributed by atoms with Crippen LogP contribution in [0.5, 0.6) is 0 Å². The van der Waals surface area contributed by atoms with Crippen molar-refractivity contribution in [3.8, 4) is 0 Å². The molecule has 0 spiro atoms. The van der Waals surface area contributed by atoms with Crippen molar-refractivity contribution < 1.29 is 60.4 Å². The molecule has 1 heterocycles. The Morgan fingerprint density at radius 3 is 2.54 bits per heavy atom. The number of rotatable bonds is 10. The van der Waals surface area contributed by atoms with Crippen LogP contribution < -0.4 is 56.7 Å². The van der Waals surface area contributed by atoms with E-state index in [-0.39, 0.29) is 63.3 Å². The van der Waals surface area contributed by atoms with Crippen molar-refractivity contribution in [3.63, 3.8) is 0 Å². The van der Waals surface area contributed by atoms with E-state index in [0.29, 0.717) is 18.7 Å². The molecule has 1 N–H and O–H groups in total. The molecule has 7 nitrogen and oxygen atoms in total. The molecule has 1 aromatic heterocycles. The second kappa shape index (κ2) is 14.4. The largest absolute Gasteiger partial charge is 1.00 e. The van der Waals surface area contributed by atoms with Crippen LogP contribution in [0.25, 0.3) is 6.08 Å². The quantitative estimate of drug-likeness (QED) is 0.310. The number of aryl methyl sites for hydroxylation is 2. The third kappa shape index (κ3) is 8.11. The van der Waals surface area contributed by atoms with Gasteiger partial charge in [-0.05, 0) is 67.1 Å². The number of anilines is 1. The van der Waals surface area contributed by atoms with E-state index in [4.69, 9.17) is 0 Å². The number of carbonyl (C=O) groups excluding carboxylic acids is 1. The Morgan fingerprint density at radius 1 is 1.24 bits per heavy atom. The fourth-order valence-electron chi connectivity index (χ4n) is 4.09. The zero-order valence-corrected chi connectivity index (χ0v) is 26.9. The first-order valence-electron chi connectivity index (χ1n) is 11.9. The van der Waals surface area contributed by atoms with E-state index in [2.05, 4.69) is 35.2 Å². The molecule has 9 heteroatoms. The second-order valence-corrected chi connectivity index (χ2v) is 10.4. The van der Waals surface area contributed by atoms with Gasteiger partial charge >= 0.3 is 51.4 Å². The van der Waals surface area contributed by atoms with Crippen LogP contribution in [0.15, 0.2) is 59.8 Å². The standard InChI is InChI=1S/C28H36N5O2S.K/c1-8-33(19-22-13-15-29-32(22)6)16-14-23-24(17-20(2)18-25(23)28(34)31(4)5)21(3)30-26-11-9-10-12-27(26)36(7)35;/h9-18,21,30H,1,8,19H2,2-7H3;/q-1;+1/b16-14+;/t21-,36?;/m1./s1. The van der Waals surface area contributed by atoms with Gasteiger partial charge in [-0.2, -0.15) is 5.10 Å². The Kier molecular flexibility index (Phi) is 12.3. The molecule has 192 valence electrons. The Morgan fingerprint density at radius 2 is 1.95 bits per heavy atom. The number of hydrogen-bond acceptors (Lipinski definition) is 5. The number of para-hydroxylation sites is 1. The van der Waals surface area contributed by atoms with Gasteiger partial charge in [0.05, 0.1) is 33.6 Å². The minimum Gasteiger partial charge on any atom is -0.401 e. The van der Waals surface area contributed by atoms with Gasteiger partial charge in [-0.3, -0.25) is 13.7 Å². The summed E-state index contributed by atoms with van der Waals surface area (Å²) < 4.78 is 14.1. The van der Waals surface area contributed by atoms with Crippen LogP contribution in [0.1, 0.15) is 45.7 Å². The number of hydrogen-bond donors (Lipinski definition) is 1. The summed E-state index contributed by atoms with van der Waals surface area (Å²) in [5, 5.41) is 7.78. The molecule has 0 fully saturated rings. The number of aromatic nitrogens is 2. The average Bonchev–Trinajstić information content (AvgIpc) is 3.25. The Hall–Kier alpha value is -1.75. The van der Waals surface area contributed by atoms with Gasteiger partial charge in [-0.25, -0.2) is 0 Å². The van der Waals surface area contributed by atoms with Crippen LogP contribution in [0.2, 0.25) is 0 Å². The Bertz CT molecular complexity index is 1270. The van der Waals surface area contributed by atoms with Gasteiger partial charge < -0.3 is 22.0 Å². The third-order valence-electron chi connectivity index (χ3n) is 6.05. The monoisotopic (exact) mass is 545 g/mol. The predicted molar refractivity (Wildman–Crippen MR) is 148 cm³/mol. The molecular weight excluding hydrogens is 510 g/mol. The van der Waals surface area contributed by atoms with Crippen LogP contribution in [-0.4, -0.2) is 56.6 Å². The molecule has 1 unspecified atom stereocenters.